The van der Waals surface area contributed by atoms with Gasteiger partial charge in [-0.15, -0.1) is 0 Å². The quantitative estimate of drug-likeness (QED) is 0.388. The summed E-state index contributed by atoms with van der Waals surface area (Å²) in [7, 11) is 3.90. The van der Waals surface area contributed by atoms with E-state index in [1.807, 2.05) is 89.3 Å². The van der Waals surface area contributed by atoms with E-state index in [-0.39, 0.29) is 0 Å². The lowest BCUT2D eigenvalue weighted by Gasteiger charge is -2.29. The average molecular weight is 486 g/mol. The van der Waals surface area contributed by atoms with Gasteiger partial charge in [0.05, 0.1) is 23.2 Å². The lowest BCUT2D eigenvalue weighted by atomic mass is 9.86. The second-order valence-corrected chi connectivity index (χ2v) is 10.5. The number of ether oxygens (including phenoxy) is 2. The second kappa shape index (κ2) is 8.75. The molecule has 1 atom stereocenters. The summed E-state index contributed by atoms with van der Waals surface area (Å²) in [6.45, 7) is 8.15. The van der Waals surface area contributed by atoms with Gasteiger partial charge in [-0.1, -0.05) is 0 Å². The molecule has 0 spiro atoms. The number of rotatable bonds is 5. The van der Waals surface area contributed by atoms with Crippen molar-refractivity contribution in [1.29, 1.82) is 0 Å². The molecule has 1 unspecified atom stereocenters. The molecule has 186 valence electrons. The van der Waals surface area contributed by atoms with Gasteiger partial charge in [-0.05, 0) is 80.8 Å². The minimum absolute atomic E-state index is 0.614. The first kappa shape index (κ1) is 24.0. The number of benzene rings is 2. The number of anilines is 1. The van der Waals surface area contributed by atoms with Crippen LogP contribution in [0.25, 0.3) is 32.9 Å². The van der Waals surface area contributed by atoms with E-state index in [0.29, 0.717) is 12.2 Å². The predicted octanol–water partition coefficient (Wildman–Crippen LogP) is 5.70. The molecule has 0 bridgehead atoms. The van der Waals surface area contributed by atoms with E-state index in [2.05, 4.69) is 0 Å². The van der Waals surface area contributed by atoms with Crippen molar-refractivity contribution in [2.45, 2.75) is 45.8 Å². The topological polar surface area (TPSA) is 84.8 Å². The third-order valence-corrected chi connectivity index (χ3v) is 6.48. The highest BCUT2D eigenvalue weighted by atomic mass is 16.5. The second-order valence-electron chi connectivity index (χ2n) is 10.5. The van der Waals surface area contributed by atoms with Crippen LogP contribution >= 0.6 is 0 Å². The summed E-state index contributed by atoms with van der Waals surface area (Å²) < 4.78 is 12.1. The van der Waals surface area contributed by atoms with E-state index in [1.165, 1.54) is 5.56 Å². The fraction of sp³-hybridized carbons (Fsp3) is 0.345. The Hall–Kier alpha value is -3.71. The first-order chi connectivity index (χ1) is 17.0. The molecule has 7 nitrogen and oxygen atoms in total. The van der Waals surface area contributed by atoms with Crippen LogP contribution in [0.3, 0.4) is 0 Å². The van der Waals surface area contributed by atoms with E-state index in [1.54, 1.807) is 0 Å². The van der Waals surface area contributed by atoms with Crippen molar-refractivity contribution in [1.82, 2.24) is 9.97 Å². The van der Waals surface area contributed by atoms with Crippen molar-refractivity contribution in [2.24, 2.45) is 0 Å². The van der Waals surface area contributed by atoms with Gasteiger partial charge in [-0.2, -0.15) is 0 Å². The Morgan fingerprint density at radius 2 is 1.94 bits per heavy atom. The van der Waals surface area contributed by atoms with E-state index in [0.717, 1.165) is 56.5 Å². The number of carboxylic acids is 1. The maximum absolute atomic E-state index is 12.6. The van der Waals surface area contributed by atoms with Gasteiger partial charge in [0.25, 0.3) is 0 Å². The molecule has 5 rings (SSSR count). The average Bonchev–Trinajstić information content (AvgIpc) is 2.81. The Morgan fingerprint density at radius 1 is 1.17 bits per heavy atom. The van der Waals surface area contributed by atoms with Crippen LogP contribution in [0.5, 0.6) is 5.75 Å². The van der Waals surface area contributed by atoms with Crippen LogP contribution in [-0.4, -0.2) is 47.3 Å². The summed E-state index contributed by atoms with van der Waals surface area (Å²) in [6, 6.07) is 11.9. The zero-order valence-electron chi connectivity index (χ0n) is 21.5. The van der Waals surface area contributed by atoms with Gasteiger partial charge in [0.1, 0.15) is 11.6 Å². The van der Waals surface area contributed by atoms with Gasteiger partial charge in [0.15, 0.2) is 6.10 Å². The van der Waals surface area contributed by atoms with E-state index < -0.39 is 17.7 Å². The zero-order valence-corrected chi connectivity index (χ0v) is 21.5. The maximum atomic E-state index is 12.6. The number of hydrogen-bond donors (Lipinski definition) is 1. The van der Waals surface area contributed by atoms with E-state index in [9.17, 15) is 9.90 Å². The molecule has 0 aliphatic carbocycles. The molecule has 2 aromatic carbocycles. The Morgan fingerprint density at radius 3 is 2.64 bits per heavy atom. The monoisotopic (exact) mass is 485 g/mol. The van der Waals surface area contributed by atoms with Gasteiger partial charge in [-0.25, -0.2) is 9.78 Å². The SMILES string of the molecule is Cc1cc2nc(N(C)C)ccc2c(-c2ccc3c4c(ccnc24)CCO3)c1C(OC(C)(C)C)C(=O)O. The van der Waals surface area contributed by atoms with Gasteiger partial charge < -0.3 is 19.5 Å². The smallest absolute Gasteiger partial charge is 0.337 e. The van der Waals surface area contributed by atoms with Gasteiger partial charge in [0.2, 0.25) is 0 Å². The van der Waals surface area contributed by atoms with Gasteiger partial charge in [0, 0.05) is 48.6 Å². The lowest BCUT2D eigenvalue weighted by molar-refractivity contribution is -0.160. The van der Waals surface area contributed by atoms with Crippen molar-refractivity contribution in [2.75, 3.05) is 25.6 Å². The summed E-state index contributed by atoms with van der Waals surface area (Å²) in [5.74, 6) is 0.589. The largest absolute Gasteiger partial charge is 0.493 e. The van der Waals surface area contributed by atoms with Crippen molar-refractivity contribution in [3.05, 3.63) is 59.3 Å². The van der Waals surface area contributed by atoms with Crippen LogP contribution < -0.4 is 9.64 Å². The standard InChI is InChI=1S/C29H31N3O4/c1-16-15-20-18(8-10-22(31-20)32(5)6)25(23(16)27(28(33)34)36-29(2,3)4)19-7-9-21-24-17(12-14-35-21)11-13-30-26(19)24/h7-11,13,15,27H,12,14H2,1-6H3,(H,33,34). The van der Waals surface area contributed by atoms with Crippen molar-refractivity contribution in [3.8, 4) is 16.9 Å². The number of carbonyl (C=O) groups is 1. The number of aliphatic carboxylic acids is 1. The Labute approximate surface area is 210 Å². The van der Waals surface area contributed by atoms with Crippen LogP contribution in [0.15, 0.2) is 42.6 Å². The normalized spacial score (nSPS) is 14.1. The number of aromatic nitrogens is 2. The molecular weight excluding hydrogens is 454 g/mol. The molecule has 0 amide bonds. The first-order valence-electron chi connectivity index (χ1n) is 12.1. The molecular formula is C29H31N3O4. The summed E-state index contributed by atoms with van der Waals surface area (Å²) in [4.78, 5) is 24.2. The Balaban J connectivity index is 1.91. The zero-order chi connectivity index (χ0) is 25.8. The third kappa shape index (κ3) is 4.13. The fourth-order valence-electron chi connectivity index (χ4n) is 4.98. The number of nitrogens with zero attached hydrogens (tertiary/aromatic N) is 3. The number of fused-ring (bicyclic) bond motifs is 1. The highest BCUT2D eigenvalue weighted by molar-refractivity contribution is 6.08. The minimum Gasteiger partial charge on any atom is -0.493 e. The van der Waals surface area contributed by atoms with Gasteiger partial charge in [-0.3, -0.25) is 4.98 Å². The van der Waals surface area contributed by atoms with Crippen LogP contribution in [-0.2, 0) is 16.0 Å². The molecule has 3 heterocycles. The molecule has 0 saturated heterocycles. The molecule has 1 N–H and O–H groups in total. The van der Waals surface area contributed by atoms with Crippen molar-refractivity contribution >= 4 is 33.6 Å². The maximum Gasteiger partial charge on any atom is 0.337 e. The molecule has 1 aliphatic rings. The lowest BCUT2D eigenvalue weighted by Crippen LogP contribution is -2.28. The number of pyridine rings is 2. The van der Waals surface area contributed by atoms with E-state index in [4.69, 9.17) is 19.4 Å². The fourth-order valence-corrected chi connectivity index (χ4v) is 4.98. The molecule has 4 aromatic rings. The van der Waals surface area contributed by atoms with Gasteiger partial charge >= 0.3 is 5.97 Å². The van der Waals surface area contributed by atoms with Crippen molar-refractivity contribution < 1.29 is 19.4 Å². The van der Waals surface area contributed by atoms with Crippen molar-refractivity contribution in [3.63, 3.8) is 0 Å². The first-order valence-corrected chi connectivity index (χ1v) is 12.1. The summed E-state index contributed by atoms with van der Waals surface area (Å²) in [5, 5.41) is 12.2. The molecule has 0 saturated carbocycles. The molecule has 1 aliphatic heterocycles. The number of carboxylic acid groups (broad SMARTS) is 1. The highest BCUT2D eigenvalue weighted by Crippen LogP contribution is 2.45. The Bertz CT molecular complexity index is 1490. The predicted molar refractivity (Wildman–Crippen MR) is 142 cm³/mol. The summed E-state index contributed by atoms with van der Waals surface area (Å²) in [5.41, 5.74) is 5.12. The molecule has 2 aromatic heterocycles. The minimum atomic E-state index is -1.17. The summed E-state index contributed by atoms with van der Waals surface area (Å²) in [6.07, 6.45) is 1.45. The number of hydrogen-bond acceptors (Lipinski definition) is 6. The molecule has 0 fully saturated rings. The molecule has 36 heavy (non-hydrogen) atoms. The third-order valence-electron chi connectivity index (χ3n) is 6.48. The summed E-state index contributed by atoms with van der Waals surface area (Å²) >= 11 is 0. The van der Waals surface area contributed by atoms with E-state index >= 15 is 0 Å². The molecule has 0 radical (unpaired) electrons. The van der Waals surface area contributed by atoms with Crippen LogP contribution in [0, 0.1) is 6.92 Å². The van der Waals surface area contributed by atoms with Crippen LogP contribution in [0.4, 0.5) is 5.82 Å². The Kier molecular flexibility index (Phi) is 5.83. The number of aryl methyl sites for hydroxylation is 1. The molecule has 7 heteroatoms. The van der Waals surface area contributed by atoms with Crippen LogP contribution in [0.2, 0.25) is 0 Å². The highest BCUT2D eigenvalue weighted by Gasteiger charge is 2.33. The van der Waals surface area contributed by atoms with Crippen LogP contribution in [0.1, 0.15) is 43.6 Å².